The van der Waals surface area contributed by atoms with Crippen molar-refractivity contribution >= 4 is 22.8 Å². The molecule has 1 saturated heterocycles. The van der Waals surface area contributed by atoms with Gasteiger partial charge in [-0.3, -0.25) is 0 Å². The van der Waals surface area contributed by atoms with Crippen LogP contribution in [0.4, 0.5) is 11.8 Å². The number of rotatable bonds is 3. The van der Waals surface area contributed by atoms with E-state index in [1.54, 1.807) is 6.33 Å². The number of para-hydroxylation sites is 2. The Balaban J connectivity index is 1.44. The number of H-pyrrole nitrogens is 1. The smallest absolute Gasteiger partial charge is 0.203 e. The van der Waals surface area contributed by atoms with Crippen molar-refractivity contribution in [3.63, 3.8) is 0 Å². The minimum Gasteiger partial charge on any atom is -0.356 e. The van der Waals surface area contributed by atoms with E-state index in [1.807, 2.05) is 31.2 Å². The maximum atomic E-state index is 4.71. The number of anilines is 2. The first-order valence-electron chi connectivity index (χ1n) is 8.42. The number of nitrogens with zero attached hydrogens (tertiary/aromatic N) is 5. The first-order valence-corrected chi connectivity index (χ1v) is 8.42. The Morgan fingerprint density at radius 3 is 2.71 bits per heavy atom. The molecule has 0 spiro atoms. The standard InChI is InChI=1S/C18H22N6/c1-13-11-17(20-12-19-13)23(2)14-7-9-24(10-8-14)18-21-15-5-3-4-6-16(15)22-18/h3-6,11-12,14H,7-10H2,1-2H3,(H,21,22). The number of hydrogen-bond donors (Lipinski definition) is 1. The van der Waals surface area contributed by atoms with E-state index in [0.717, 1.165) is 54.4 Å². The van der Waals surface area contributed by atoms with Gasteiger partial charge in [-0.15, -0.1) is 0 Å². The third-order valence-corrected chi connectivity index (χ3v) is 4.84. The van der Waals surface area contributed by atoms with Crippen LogP contribution in [0.25, 0.3) is 11.0 Å². The molecule has 1 aliphatic heterocycles. The van der Waals surface area contributed by atoms with Crippen LogP contribution in [0.5, 0.6) is 0 Å². The molecule has 1 fully saturated rings. The summed E-state index contributed by atoms with van der Waals surface area (Å²) in [4.78, 5) is 21.4. The molecule has 0 unspecified atom stereocenters. The fraction of sp³-hybridized carbons (Fsp3) is 0.389. The summed E-state index contributed by atoms with van der Waals surface area (Å²) in [6, 6.07) is 10.7. The zero-order valence-electron chi connectivity index (χ0n) is 14.1. The molecule has 24 heavy (non-hydrogen) atoms. The monoisotopic (exact) mass is 322 g/mol. The highest BCUT2D eigenvalue weighted by molar-refractivity contribution is 5.77. The zero-order chi connectivity index (χ0) is 16.5. The van der Waals surface area contributed by atoms with Gasteiger partial charge in [-0.2, -0.15) is 0 Å². The molecule has 6 heteroatoms. The second kappa shape index (κ2) is 6.11. The van der Waals surface area contributed by atoms with Crippen molar-refractivity contribution in [3.8, 4) is 0 Å². The molecule has 4 rings (SSSR count). The minimum atomic E-state index is 0.500. The fourth-order valence-electron chi connectivity index (χ4n) is 3.37. The molecule has 1 N–H and O–H groups in total. The number of nitrogens with one attached hydrogen (secondary N) is 1. The highest BCUT2D eigenvalue weighted by Crippen LogP contribution is 2.24. The average Bonchev–Trinajstić information content (AvgIpc) is 3.05. The van der Waals surface area contributed by atoms with Crippen molar-refractivity contribution in [2.24, 2.45) is 0 Å². The average molecular weight is 322 g/mol. The van der Waals surface area contributed by atoms with Crippen LogP contribution in [-0.2, 0) is 0 Å². The highest BCUT2D eigenvalue weighted by Gasteiger charge is 2.25. The van der Waals surface area contributed by atoms with E-state index in [2.05, 4.69) is 37.9 Å². The topological polar surface area (TPSA) is 60.9 Å². The van der Waals surface area contributed by atoms with Gasteiger partial charge in [0.05, 0.1) is 11.0 Å². The molecule has 6 nitrogen and oxygen atoms in total. The molecular formula is C18H22N6. The summed E-state index contributed by atoms with van der Waals surface area (Å²) in [6.45, 7) is 4.00. The van der Waals surface area contributed by atoms with Gasteiger partial charge in [0.2, 0.25) is 5.95 Å². The van der Waals surface area contributed by atoms with Crippen molar-refractivity contribution in [3.05, 3.63) is 42.4 Å². The van der Waals surface area contributed by atoms with Gasteiger partial charge in [0, 0.05) is 37.9 Å². The van der Waals surface area contributed by atoms with Crippen molar-refractivity contribution in [1.29, 1.82) is 0 Å². The number of aromatic amines is 1. The first-order chi connectivity index (χ1) is 11.7. The summed E-state index contributed by atoms with van der Waals surface area (Å²) in [5.41, 5.74) is 3.14. The van der Waals surface area contributed by atoms with E-state index < -0.39 is 0 Å². The number of fused-ring (bicyclic) bond motifs is 1. The van der Waals surface area contributed by atoms with E-state index in [9.17, 15) is 0 Å². The Morgan fingerprint density at radius 2 is 1.96 bits per heavy atom. The summed E-state index contributed by atoms with van der Waals surface area (Å²) < 4.78 is 0. The van der Waals surface area contributed by atoms with E-state index in [0.29, 0.717) is 6.04 Å². The lowest BCUT2D eigenvalue weighted by Gasteiger charge is -2.37. The first kappa shape index (κ1) is 14.9. The van der Waals surface area contributed by atoms with Gasteiger partial charge >= 0.3 is 0 Å². The summed E-state index contributed by atoms with van der Waals surface area (Å²) in [5, 5.41) is 0. The predicted molar refractivity (Wildman–Crippen MR) is 96.5 cm³/mol. The van der Waals surface area contributed by atoms with Crippen LogP contribution in [-0.4, -0.2) is 46.1 Å². The second-order valence-corrected chi connectivity index (χ2v) is 6.42. The van der Waals surface area contributed by atoms with Gasteiger partial charge in [0.1, 0.15) is 12.1 Å². The summed E-state index contributed by atoms with van der Waals surface area (Å²) in [5.74, 6) is 1.99. The zero-order valence-corrected chi connectivity index (χ0v) is 14.1. The largest absolute Gasteiger partial charge is 0.356 e. The molecule has 3 aromatic rings. The summed E-state index contributed by atoms with van der Waals surface area (Å²) >= 11 is 0. The van der Waals surface area contributed by atoms with E-state index in [-0.39, 0.29) is 0 Å². The Bertz CT molecular complexity index is 801. The van der Waals surface area contributed by atoms with Crippen molar-refractivity contribution < 1.29 is 0 Å². The molecule has 0 aliphatic carbocycles. The van der Waals surface area contributed by atoms with Crippen LogP contribution >= 0.6 is 0 Å². The summed E-state index contributed by atoms with van der Waals surface area (Å²) in [7, 11) is 2.13. The number of aryl methyl sites for hydroxylation is 1. The van der Waals surface area contributed by atoms with Crippen molar-refractivity contribution in [1.82, 2.24) is 19.9 Å². The number of aromatic nitrogens is 4. The van der Waals surface area contributed by atoms with Crippen LogP contribution < -0.4 is 9.80 Å². The molecular weight excluding hydrogens is 300 g/mol. The third kappa shape index (κ3) is 2.79. The maximum absolute atomic E-state index is 4.71. The highest BCUT2D eigenvalue weighted by atomic mass is 15.3. The van der Waals surface area contributed by atoms with E-state index >= 15 is 0 Å². The van der Waals surface area contributed by atoms with Gasteiger partial charge in [-0.1, -0.05) is 12.1 Å². The number of benzene rings is 1. The van der Waals surface area contributed by atoms with Gasteiger partial charge in [0.25, 0.3) is 0 Å². The predicted octanol–water partition coefficient (Wildman–Crippen LogP) is 2.77. The van der Waals surface area contributed by atoms with Gasteiger partial charge < -0.3 is 14.8 Å². The van der Waals surface area contributed by atoms with Crippen LogP contribution in [0.1, 0.15) is 18.5 Å². The molecule has 0 radical (unpaired) electrons. The minimum absolute atomic E-state index is 0.500. The lowest BCUT2D eigenvalue weighted by molar-refractivity contribution is 0.476. The van der Waals surface area contributed by atoms with E-state index in [1.165, 1.54) is 0 Å². The van der Waals surface area contributed by atoms with Gasteiger partial charge in [-0.25, -0.2) is 15.0 Å². The quantitative estimate of drug-likeness (QED) is 0.803. The Labute approximate surface area is 141 Å². The van der Waals surface area contributed by atoms with Gasteiger partial charge in [-0.05, 0) is 31.9 Å². The van der Waals surface area contributed by atoms with Gasteiger partial charge in [0.15, 0.2) is 0 Å². The van der Waals surface area contributed by atoms with Crippen LogP contribution in [0.2, 0.25) is 0 Å². The molecule has 2 aromatic heterocycles. The molecule has 0 amide bonds. The van der Waals surface area contributed by atoms with E-state index in [4.69, 9.17) is 4.98 Å². The third-order valence-electron chi connectivity index (χ3n) is 4.84. The molecule has 1 aromatic carbocycles. The number of piperidine rings is 1. The molecule has 0 atom stereocenters. The Morgan fingerprint density at radius 1 is 1.17 bits per heavy atom. The maximum Gasteiger partial charge on any atom is 0.203 e. The Kier molecular flexibility index (Phi) is 3.80. The molecule has 3 heterocycles. The number of hydrogen-bond acceptors (Lipinski definition) is 5. The van der Waals surface area contributed by atoms with Crippen LogP contribution in [0.15, 0.2) is 36.7 Å². The molecule has 0 saturated carbocycles. The molecule has 124 valence electrons. The summed E-state index contributed by atoms with van der Waals surface area (Å²) in [6.07, 6.45) is 3.83. The Hall–Kier alpha value is -2.63. The second-order valence-electron chi connectivity index (χ2n) is 6.42. The SMILES string of the molecule is Cc1cc(N(C)C2CCN(c3nc4ccccc4[nH]3)CC2)ncn1. The normalized spacial score (nSPS) is 15.8. The lowest BCUT2D eigenvalue weighted by Crippen LogP contribution is -2.44. The van der Waals surface area contributed by atoms with Crippen LogP contribution in [0.3, 0.4) is 0 Å². The van der Waals surface area contributed by atoms with Crippen molar-refractivity contribution in [2.45, 2.75) is 25.8 Å². The molecule has 0 bridgehead atoms. The fourth-order valence-corrected chi connectivity index (χ4v) is 3.37. The van der Waals surface area contributed by atoms with Crippen molar-refractivity contribution in [2.75, 3.05) is 29.9 Å². The van der Waals surface area contributed by atoms with Crippen LogP contribution in [0, 0.1) is 6.92 Å². The molecule has 1 aliphatic rings. The lowest BCUT2D eigenvalue weighted by atomic mass is 10.0. The number of imidazole rings is 1.